The first-order chi connectivity index (χ1) is 16.0. The molecule has 0 bridgehead atoms. The topological polar surface area (TPSA) is 68.9 Å². The van der Waals surface area contributed by atoms with Gasteiger partial charge < -0.3 is 19.0 Å². The fourth-order valence-corrected chi connectivity index (χ4v) is 3.28. The van der Waals surface area contributed by atoms with Crippen LogP contribution in [-0.4, -0.2) is 23.3 Å². The first-order valence-electron chi connectivity index (χ1n) is 10.9. The van der Waals surface area contributed by atoms with Gasteiger partial charge >= 0.3 is 12.1 Å². The number of hydrogen-bond donors (Lipinski definition) is 1. The molecule has 1 heterocycles. The van der Waals surface area contributed by atoms with E-state index in [9.17, 15) is 18.0 Å². The van der Waals surface area contributed by atoms with Crippen LogP contribution in [-0.2, 0) is 17.4 Å². The van der Waals surface area contributed by atoms with Crippen LogP contribution < -0.4 is 9.47 Å². The molecule has 0 amide bonds. The third kappa shape index (κ3) is 6.56. The molecule has 34 heavy (non-hydrogen) atoms. The summed E-state index contributed by atoms with van der Waals surface area (Å²) in [5.41, 5.74) is -0.395. The number of aliphatic carboxylic acids is 1. The predicted molar refractivity (Wildman–Crippen MR) is 121 cm³/mol. The van der Waals surface area contributed by atoms with Crippen molar-refractivity contribution in [3.8, 4) is 22.8 Å². The Hall–Kier alpha value is -3.42. The van der Waals surface area contributed by atoms with Crippen LogP contribution in [0.1, 0.15) is 43.6 Å². The Morgan fingerprint density at radius 2 is 1.59 bits per heavy atom. The van der Waals surface area contributed by atoms with Crippen LogP contribution in [0.25, 0.3) is 11.3 Å². The summed E-state index contributed by atoms with van der Waals surface area (Å²) in [6.07, 6.45) is -1.96. The molecule has 0 saturated carbocycles. The number of furan rings is 1. The van der Waals surface area contributed by atoms with Crippen molar-refractivity contribution in [2.45, 2.75) is 51.8 Å². The number of alkyl halides is 3. The van der Waals surface area contributed by atoms with E-state index in [-0.39, 0.29) is 0 Å². The third-order valence-electron chi connectivity index (χ3n) is 5.34. The highest BCUT2D eigenvalue weighted by atomic mass is 19.4. The van der Waals surface area contributed by atoms with E-state index in [1.54, 1.807) is 24.3 Å². The monoisotopic (exact) mass is 476 g/mol. The molecule has 182 valence electrons. The van der Waals surface area contributed by atoms with Gasteiger partial charge in [0, 0.05) is 5.56 Å². The van der Waals surface area contributed by atoms with Gasteiger partial charge in [-0.15, -0.1) is 0 Å². The third-order valence-corrected chi connectivity index (χ3v) is 5.34. The maximum Gasteiger partial charge on any atom is 0.416 e. The van der Waals surface area contributed by atoms with Crippen molar-refractivity contribution in [3.05, 3.63) is 71.5 Å². The van der Waals surface area contributed by atoms with E-state index >= 15 is 0 Å². The van der Waals surface area contributed by atoms with Gasteiger partial charge in [0.15, 0.2) is 5.60 Å². The van der Waals surface area contributed by atoms with Gasteiger partial charge in [-0.05, 0) is 88.1 Å². The second-order valence-electron chi connectivity index (χ2n) is 8.46. The van der Waals surface area contributed by atoms with Gasteiger partial charge in [0.25, 0.3) is 0 Å². The average Bonchev–Trinajstić information content (AvgIpc) is 3.14. The average molecular weight is 476 g/mol. The molecule has 0 radical (unpaired) electrons. The SMILES string of the molecule is Cc1oc(-c2ccc(C(F)(F)F)cc2)cc1CCCCOc1ccc(OC(C)(C)C(=O)O)cc1. The molecule has 8 heteroatoms. The molecule has 0 spiro atoms. The summed E-state index contributed by atoms with van der Waals surface area (Å²) < 4.78 is 55.2. The molecule has 1 N–H and O–H groups in total. The molecule has 5 nitrogen and oxygen atoms in total. The molecule has 0 aliphatic carbocycles. The minimum atomic E-state index is -4.36. The first kappa shape index (κ1) is 25.2. The number of carboxylic acid groups (broad SMARTS) is 1. The molecule has 0 aliphatic heterocycles. The molecular weight excluding hydrogens is 449 g/mol. The summed E-state index contributed by atoms with van der Waals surface area (Å²) in [4.78, 5) is 11.1. The summed E-state index contributed by atoms with van der Waals surface area (Å²) in [6, 6.07) is 13.6. The molecule has 0 saturated heterocycles. The lowest BCUT2D eigenvalue weighted by Gasteiger charge is -2.21. The molecule has 2 aromatic carbocycles. The van der Waals surface area contributed by atoms with Crippen molar-refractivity contribution in [1.82, 2.24) is 0 Å². The van der Waals surface area contributed by atoms with E-state index in [0.717, 1.165) is 42.7 Å². The van der Waals surface area contributed by atoms with E-state index in [0.29, 0.717) is 29.4 Å². The maximum absolute atomic E-state index is 12.7. The zero-order valence-electron chi connectivity index (χ0n) is 19.2. The highest BCUT2D eigenvalue weighted by Crippen LogP contribution is 2.32. The van der Waals surface area contributed by atoms with Crippen molar-refractivity contribution < 1.29 is 37.0 Å². The molecular formula is C26H27F3O5. The van der Waals surface area contributed by atoms with E-state index in [1.165, 1.54) is 26.0 Å². The Balaban J connectivity index is 1.46. The van der Waals surface area contributed by atoms with E-state index in [4.69, 9.17) is 19.0 Å². The largest absolute Gasteiger partial charge is 0.494 e. The molecule has 3 aromatic rings. The fourth-order valence-electron chi connectivity index (χ4n) is 3.28. The number of rotatable bonds is 10. The Morgan fingerprint density at radius 1 is 0.971 bits per heavy atom. The van der Waals surface area contributed by atoms with E-state index in [1.807, 2.05) is 13.0 Å². The van der Waals surface area contributed by atoms with Crippen LogP contribution in [0.15, 0.2) is 59.0 Å². The molecule has 0 unspecified atom stereocenters. The lowest BCUT2D eigenvalue weighted by molar-refractivity contribution is -0.152. The standard InChI is InChI=1S/C26H27F3O5/c1-17-19(16-23(33-17)18-7-9-20(10-8-18)26(27,28)29)6-4-5-15-32-21-11-13-22(14-12-21)34-25(2,3)24(30)31/h7-14,16H,4-6,15H2,1-3H3,(H,30,31). The van der Waals surface area contributed by atoms with Crippen molar-refractivity contribution in [2.24, 2.45) is 0 Å². The van der Waals surface area contributed by atoms with Gasteiger partial charge in [0.1, 0.15) is 23.0 Å². The number of carbonyl (C=O) groups is 1. The number of unbranched alkanes of at least 4 members (excludes halogenated alkanes) is 1. The molecule has 3 rings (SSSR count). The number of ether oxygens (including phenoxy) is 2. The Kier molecular flexibility index (Phi) is 7.59. The molecule has 1 aromatic heterocycles. The highest BCUT2D eigenvalue weighted by molar-refractivity contribution is 5.76. The van der Waals surface area contributed by atoms with Crippen molar-refractivity contribution >= 4 is 5.97 Å². The van der Waals surface area contributed by atoms with Crippen LogP contribution >= 0.6 is 0 Å². The molecule has 0 fully saturated rings. The normalized spacial score (nSPS) is 11.9. The van der Waals surface area contributed by atoms with Gasteiger partial charge in [-0.3, -0.25) is 0 Å². The minimum absolute atomic E-state index is 0.444. The predicted octanol–water partition coefficient (Wildman–Crippen LogP) is 6.92. The number of hydrogen-bond acceptors (Lipinski definition) is 4. The van der Waals surface area contributed by atoms with Crippen LogP contribution in [0.4, 0.5) is 13.2 Å². The van der Waals surface area contributed by atoms with Crippen molar-refractivity contribution in [1.29, 1.82) is 0 Å². The second-order valence-corrected chi connectivity index (χ2v) is 8.46. The minimum Gasteiger partial charge on any atom is -0.494 e. The van der Waals surface area contributed by atoms with Gasteiger partial charge in [-0.2, -0.15) is 13.2 Å². The Labute approximate surface area is 196 Å². The van der Waals surface area contributed by atoms with Crippen LogP contribution in [0.2, 0.25) is 0 Å². The number of carboxylic acids is 1. The van der Waals surface area contributed by atoms with Crippen LogP contribution in [0.5, 0.6) is 11.5 Å². The van der Waals surface area contributed by atoms with Crippen LogP contribution in [0.3, 0.4) is 0 Å². The van der Waals surface area contributed by atoms with Crippen molar-refractivity contribution in [2.75, 3.05) is 6.61 Å². The zero-order valence-corrected chi connectivity index (χ0v) is 19.2. The van der Waals surface area contributed by atoms with Crippen molar-refractivity contribution in [3.63, 3.8) is 0 Å². The van der Waals surface area contributed by atoms with E-state index < -0.39 is 23.3 Å². The smallest absolute Gasteiger partial charge is 0.416 e. The number of aryl methyl sites for hydroxylation is 2. The van der Waals surface area contributed by atoms with Crippen LogP contribution in [0, 0.1) is 6.92 Å². The number of halogens is 3. The van der Waals surface area contributed by atoms with Gasteiger partial charge in [0.05, 0.1) is 12.2 Å². The highest BCUT2D eigenvalue weighted by Gasteiger charge is 2.30. The lowest BCUT2D eigenvalue weighted by Crippen LogP contribution is -2.37. The zero-order chi connectivity index (χ0) is 24.9. The van der Waals surface area contributed by atoms with Gasteiger partial charge in [-0.25, -0.2) is 4.79 Å². The lowest BCUT2D eigenvalue weighted by atomic mass is 10.1. The second kappa shape index (κ2) is 10.2. The molecule has 0 atom stereocenters. The Bertz CT molecular complexity index is 1100. The van der Waals surface area contributed by atoms with E-state index in [2.05, 4.69) is 0 Å². The summed E-state index contributed by atoms with van der Waals surface area (Å²) in [5, 5.41) is 9.13. The quantitative estimate of drug-likeness (QED) is 0.322. The summed E-state index contributed by atoms with van der Waals surface area (Å²) in [6.45, 7) is 5.31. The summed E-state index contributed by atoms with van der Waals surface area (Å²) in [7, 11) is 0. The molecule has 0 aliphatic rings. The summed E-state index contributed by atoms with van der Waals surface area (Å²) in [5.74, 6) is 1.34. The first-order valence-corrected chi connectivity index (χ1v) is 10.9. The fraction of sp³-hybridized carbons (Fsp3) is 0.346. The number of benzene rings is 2. The van der Waals surface area contributed by atoms with Gasteiger partial charge in [-0.1, -0.05) is 12.1 Å². The maximum atomic E-state index is 12.7. The Morgan fingerprint density at radius 3 is 2.18 bits per heavy atom. The van der Waals surface area contributed by atoms with Gasteiger partial charge in [0.2, 0.25) is 0 Å². The summed E-state index contributed by atoms with van der Waals surface area (Å²) >= 11 is 0.